The molecule has 5 heteroatoms. The van der Waals surface area contributed by atoms with Crippen LogP contribution >= 0.6 is 0 Å². The van der Waals surface area contributed by atoms with E-state index in [-0.39, 0.29) is 34.4 Å². The van der Waals surface area contributed by atoms with Crippen molar-refractivity contribution in [2.45, 2.75) is 123 Å². The summed E-state index contributed by atoms with van der Waals surface area (Å²) in [4.78, 5) is 12.9. The predicted octanol–water partition coefficient (Wildman–Crippen LogP) is 5.07. The maximum atomic E-state index is 12.9. The number of rotatable bonds is 4. The lowest BCUT2D eigenvalue weighted by molar-refractivity contribution is -0.277. The minimum atomic E-state index is -0.581. The molecule has 0 radical (unpaired) electrons. The Balaban J connectivity index is 1.48. The molecule has 4 saturated carbocycles. The number of hydrogen-bond acceptors (Lipinski definition) is 5. The van der Waals surface area contributed by atoms with Gasteiger partial charge in [0.15, 0.2) is 0 Å². The van der Waals surface area contributed by atoms with Gasteiger partial charge in [0.2, 0.25) is 0 Å². The number of fused-ring (bicyclic) bond motifs is 5. The maximum absolute atomic E-state index is 12.9. The monoisotopic (exact) mass is 488 g/mol. The molecule has 0 bridgehead atoms. The molecule has 0 aromatic rings. The van der Waals surface area contributed by atoms with Gasteiger partial charge in [0.25, 0.3) is 0 Å². The van der Waals surface area contributed by atoms with Gasteiger partial charge in [0, 0.05) is 30.8 Å². The maximum Gasteiger partial charge on any atom is 0.138 e. The van der Waals surface area contributed by atoms with Crippen LogP contribution in [0.2, 0.25) is 0 Å². The highest BCUT2D eigenvalue weighted by atomic mass is 16.6. The highest BCUT2D eigenvalue weighted by Crippen LogP contribution is 2.73. The molecule has 5 rings (SSSR count). The van der Waals surface area contributed by atoms with Crippen LogP contribution in [0.4, 0.5) is 0 Å². The van der Waals surface area contributed by atoms with Gasteiger partial charge in [-0.2, -0.15) is 0 Å². The smallest absolute Gasteiger partial charge is 0.138 e. The third-order valence-electron chi connectivity index (χ3n) is 12.3. The Labute approximate surface area is 212 Å². The summed E-state index contributed by atoms with van der Waals surface area (Å²) in [5.74, 6) is 1.26. The molecule has 198 valence electrons. The first-order chi connectivity index (χ1) is 16.2. The van der Waals surface area contributed by atoms with Crippen molar-refractivity contribution >= 4 is 5.78 Å². The molecule has 1 aliphatic heterocycles. The van der Waals surface area contributed by atoms with Crippen molar-refractivity contribution in [1.29, 1.82) is 0 Å². The second-order valence-corrected chi connectivity index (χ2v) is 14.3. The molecular formula is C30H48O5. The SMILES string of the molecule is CO[C@]12CCC(=O)C(C)(C)[C@@H]1CC[C@]1(C)[C@@H]2[C@H](O)C[C@@H]2[C@@H](/C(C)=C/[C@H](O)[C@@H]3OC3(C)C)CC[C@]21C. The summed E-state index contributed by atoms with van der Waals surface area (Å²) in [5, 5.41) is 22.7. The van der Waals surface area contributed by atoms with E-state index in [1.165, 1.54) is 5.57 Å². The van der Waals surface area contributed by atoms with Gasteiger partial charge in [-0.25, -0.2) is 0 Å². The van der Waals surface area contributed by atoms with E-state index >= 15 is 0 Å². The fourth-order valence-corrected chi connectivity index (χ4v) is 10.1. The number of carbonyl (C=O) groups is 1. The lowest BCUT2D eigenvalue weighted by Crippen LogP contribution is -2.71. The van der Waals surface area contributed by atoms with E-state index < -0.39 is 23.2 Å². The van der Waals surface area contributed by atoms with Gasteiger partial charge in [0.1, 0.15) is 18.0 Å². The Kier molecular flexibility index (Phi) is 5.83. The lowest BCUT2D eigenvalue weighted by Gasteiger charge is -2.69. The molecule has 0 aromatic heterocycles. The first-order valence-corrected chi connectivity index (χ1v) is 14.0. The van der Waals surface area contributed by atoms with Gasteiger partial charge in [-0.1, -0.05) is 39.3 Å². The van der Waals surface area contributed by atoms with Crippen LogP contribution in [0.25, 0.3) is 0 Å². The molecule has 1 heterocycles. The molecule has 0 spiro atoms. The molecule has 5 fully saturated rings. The summed E-state index contributed by atoms with van der Waals surface area (Å²) in [7, 11) is 1.82. The Morgan fingerprint density at radius 3 is 2.31 bits per heavy atom. The average Bonchev–Trinajstić information content (AvgIpc) is 3.28. The number of aliphatic hydroxyl groups is 2. The third kappa shape index (κ3) is 3.36. The van der Waals surface area contributed by atoms with Crippen molar-refractivity contribution < 1.29 is 24.5 Å². The van der Waals surface area contributed by atoms with Crippen LogP contribution in [0, 0.1) is 39.9 Å². The number of carbonyl (C=O) groups excluding carboxylic acids is 1. The molecule has 0 aromatic carbocycles. The van der Waals surface area contributed by atoms with Crippen LogP contribution in [0.5, 0.6) is 0 Å². The average molecular weight is 489 g/mol. The van der Waals surface area contributed by atoms with Crippen molar-refractivity contribution in [2.24, 2.45) is 39.9 Å². The second kappa shape index (κ2) is 7.88. The molecule has 5 nitrogen and oxygen atoms in total. The number of aliphatic hydroxyl groups excluding tert-OH is 2. The highest BCUT2D eigenvalue weighted by Gasteiger charge is 2.72. The summed E-state index contributed by atoms with van der Waals surface area (Å²) < 4.78 is 12.2. The number of Topliss-reactive ketones (excluding diaryl/α,β-unsaturated/α-hetero) is 1. The summed E-state index contributed by atoms with van der Waals surface area (Å²) in [6, 6.07) is 0. The zero-order valence-electron chi connectivity index (χ0n) is 23.2. The highest BCUT2D eigenvalue weighted by molar-refractivity contribution is 5.85. The van der Waals surface area contributed by atoms with Crippen LogP contribution < -0.4 is 0 Å². The number of hydrogen-bond donors (Lipinski definition) is 2. The second-order valence-electron chi connectivity index (χ2n) is 14.3. The zero-order valence-corrected chi connectivity index (χ0v) is 23.2. The van der Waals surface area contributed by atoms with Crippen LogP contribution in [0.15, 0.2) is 11.6 Å². The van der Waals surface area contributed by atoms with Crippen LogP contribution in [-0.4, -0.2) is 52.6 Å². The lowest BCUT2D eigenvalue weighted by atomic mass is 9.37. The van der Waals surface area contributed by atoms with Gasteiger partial charge in [-0.05, 0) is 82.0 Å². The topological polar surface area (TPSA) is 79.3 Å². The number of epoxide rings is 1. The number of ether oxygens (including phenoxy) is 2. The fourth-order valence-electron chi connectivity index (χ4n) is 10.1. The van der Waals surface area contributed by atoms with Gasteiger partial charge in [0.05, 0.1) is 17.3 Å². The molecule has 2 N–H and O–H groups in total. The molecule has 4 aliphatic carbocycles. The largest absolute Gasteiger partial charge is 0.393 e. The Morgan fingerprint density at radius 2 is 1.71 bits per heavy atom. The molecular weight excluding hydrogens is 440 g/mol. The normalized spacial score (nSPS) is 51.3. The minimum absolute atomic E-state index is 0.0293. The van der Waals surface area contributed by atoms with Crippen LogP contribution in [0.1, 0.15) is 93.4 Å². The van der Waals surface area contributed by atoms with E-state index in [0.29, 0.717) is 24.0 Å². The molecule has 1 saturated heterocycles. The predicted molar refractivity (Wildman–Crippen MR) is 136 cm³/mol. The van der Waals surface area contributed by atoms with Gasteiger partial charge in [-0.15, -0.1) is 0 Å². The fraction of sp³-hybridized carbons (Fsp3) is 0.900. The number of ketones is 1. The van der Waals surface area contributed by atoms with Gasteiger partial charge < -0.3 is 19.7 Å². The molecule has 5 aliphatic rings. The third-order valence-corrected chi connectivity index (χ3v) is 12.3. The summed E-state index contributed by atoms with van der Waals surface area (Å²) >= 11 is 0. The Morgan fingerprint density at radius 1 is 1.09 bits per heavy atom. The van der Waals surface area contributed by atoms with E-state index in [9.17, 15) is 15.0 Å². The van der Waals surface area contributed by atoms with Crippen molar-refractivity contribution in [2.75, 3.05) is 7.11 Å². The molecule has 35 heavy (non-hydrogen) atoms. The molecule has 10 atom stereocenters. The first-order valence-electron chi connectivity index (χ1n) is 14.0. The standard InChI is InChI=1S/C30H48O5/c1-17(15-21(32)25-27(4,5)35-25)18-9-12-28(6)19(18)16-20(31)24-29(28,7)13-10-22-26(2,3)23(33)11-14-30(22,24)34-8/h15,18-22,24-25,31-32H,9-14,16H2,1-8H3/b17-15+/t18-,19-,20-,21+,22+,24+,25+,28-,29-,30-/m1/s1. The molecule has 0 amide bonds. The molecule has 0 unspecified atom stereocenters. The number of methoxy groups -OCH3 is 1. The van der Waals surface area contributed by atoms with Crippen molar-refractivity contribution in [3.05, 3.63) is 11.6 Å². The summed E-state index contributed by atoms with van der Waals surface area (Å²) in [5.41, 5.74) is 0.147. The van der Waals surface area contributed by atoms with Gasteiger partial charge >= 0.3 is 0 Å². The van der Waals surface area contributed by atoms with E-state index in [1.807, 2.05) is 27.0 Å². The summed E-state index contributed by atoms with van der Waals surface area (Å²) in [6.45, 7) is 15.3. The van der Waals surface area contributed by atoms with E-state index in [0.717, 1.165) is 38.5 Å². The Hall–Kier alpha value is -0.750. The van der Waals surface area contributed by atoms with Crippen LogP contribution in [-0.2, 0) is 14.3 Å². The van der Waals surface area contributed by atoms with Gasteiger partial charge in [-0.3, -0.25) is 4.79 Å². The minimum Gasteiger partial charge on any atom is -0.393 e. The quantitative estimate of drug-likeness (QED) is 0.426. The van der Waals surface area contributed by atoms with Crippen molar-refractivity contribution in [1.82, 2.24) is 0 Å². The number of allylic oxidation sites excluding steroid dienone is 1. The van der Waals surface area contributed by atoms with Crippen molar-refractivity contribution in [3.63, 3.8) is 0 Å². The first kappa shape index (κ1) is 25.9. The van der Waals surface area contributed by atoms with Crippen molar-refractivity contribution in [3.8, 4) is 0 Å². The van der Waals surface area contributed by atoms with Crippen LogP contribution in [0.3, 0.4) is 0 Å². The Bertz CT molecular complexity index is 922. The summed E-state index contributed by atoms with van der Waals surface area (Å²) in [6.07, 6.45) is 7.11. The zero-order chi connectivity index (χ0) is 25.8. The van der Waals surface area contributed by atoms with E-state index in [1.54, 1.807) is 0 Å². The van der Waals surface area contributed by atoms with E-state index in [4.69, 9.17) is 9.47 Å². The van der Waals surface area contributed by atoms with E-state index in [2.05, 4.69) is 34.6 Å².